The molecule has 0 bridgehead atoms. The topological polar surface area (TPSA) is 0 Å². The summed E-state index contributed by atoms with van der Waals surface area (Å²) in [6.45, 7) is 2.30. The van der Waals surface area contributed by atoms with Gasteiger partial charge in [-0.3, -0.25) is 0 Å². The van der Waals surface area contributed by atoms with Crippen LogP contribution >= 0.6 is 0 Å². The molecule has 170 valence electrons. The van der Waals surface area contributed by atoms with Gasteiger partial charge < -0.3 is 0 Å². The maximum atomic E-state index is 2.36. The fourth-order valence-corrected chi connectivity index (χ4v) is 11.8. The van der Waals surface area contributed by atoms with Crippen molar-refractivity contribution in [1.82, 2.24) is 0 Å². The third-order valence-electron chi connectivity index (χ3n) is 5.82. The van der Waals surface area contributed by atoms with Gasteiger partial charge in [-0.25, -0.2) is 0 Å². The zero-order valence-corrected chi connectivity index (χ0v) is 23.0. The van der Waals surface area contributed by atoms with Crippen LogP contribution in [0.15, 0.2) is 91.0 Å². The van der Waals surface area contributed by atoms with E-state index in [2.05, 4.69) is 97.9 Å². The zero-order chi connectivity index (χ0) is 22.3. The van der Waals surface area contributed by atoms with Crippen molar-refractivity contribution in [3.63, 3.8) is 0 Å². The second-order valence-electron chi connectivity index (χ2n) is 8.63. The Morgan fingerprint density at radius 1 is 0.531 bits per heavy atom. The Balaban J connectivity index is 1.74. The fourth-order valence-electron chi connectivity index (χ4n) is 4.13. The van der Waals surface area contributed by atoms with Crippen LogP contribution in [0, 0.1) is 0 Å². The summed E-state index contributed by atoms with van der Waals surface area (Å²) in [6, 6.07) is 33.8. The molecule has 0 fully saturated rings. The van der Waals surface area contributed by atoms with Crippen LogP contribution in [0.1, 0.15) is 70.3 Å². The van der Waals surface area contributed by atoms with Crippen molar-refractivity contribution in [2.24, 2.45) is 0 Å². The van der Waals surface area contributed by atoms with Crippen LogP contribution < -0.4 is 8.92 Å². The van der Waals surface area contributed by atoms with Crippen molar-refractivity contribution < 1.29 is 0 Å². The van der Waals surface area contributed by atoms with E-state index in [1.165, 1.54) is 69.8 Å². The van der Waals surface area contributed by atoms with Gasteiger partial charge in [-0.2, -0.15) is 0 Å². The first-order chi connectivity index (χ1) is 15.8. The summed E-state index contributed by atoms with van der Waals surface area (Å²) in [7, 11) is 0. The van der Waals surface area contributed by atoms with E-state index in [-0.39, 0.29) is 0 Å². The Kier molecular flexibility index (Phi) is 11.7. The third kappa shape index (κ3) is 9.28. The van der Waals surface area contributed by atoms with Gasteiger partial charge in [0.15, 0.2) is 0 Å². The van der Waals surface area contributed by atoms with E-state index in [4.69, 9.17) is 0 Å². The first-order valence-corrected chi connectivity index (χ1v) is 15.7. The average Bonchev–Trinajstić information content (AvgIpc) is 2.83. The van der Waals surface area contributed by atoms with E-state index < -0.39 is 0 Å². The van der Waals surface area contributed by atoms with Crippen molar-refractivity contribution in [3.8, 4) is 0 Å². The predicted octanol–water partition coefficient (Wildman–Crippen LogP) is 6.94. The van der Waals surface area contributed by atoms with Crippen LogP contribution in [0.4, 0.5) is 0 Å². The van der Waals surface area contributed by atoms with Crippen LogP contribution in [0.25, 0.3) is 0 Å². The molecular weight excluding hydrogens is 518 g/mol. The van der Waals surface area contributed by atoms with E-state index in [9.17, 15) is 0 Å². The van der Waals surface area contributed by atoms with Gasteiger partial charge in [0.2, 0.25) is 0 Å². The molecule has 0 aliphatic carbocycles. The van der Waals surface area contributed by atoms with Crippen LogP contribution in [0.3, 0.4) is 0 Å². The van der Waals surface area contributed by atoms with E-state index >= 15 is 0 Å². The monoisotopic (exact) mass is 558 g/mol. The van der Waals surface area contributed by atoms with Crippen LogP contribution in [0.5, 0.6) is 0 Å². The van der Waals surface area contributed by atoms with Crippen LogP contribution in [0.2, 0.25) is 3.21 Å². The van der Waals surface area contributed by atoms with E-state index in [0.29, 0.717) is 33.1 Å². The molecule has 32 heavy (non-hydrogen) atoms. The molecule has 0 heterocycles. The number of hydrogen-bond donors (Lipinski definition) is 0. The number of hydrogen-bond acceptors (Lipinski definition) is 0. The van der Waals surface area contributed by atoms with Crippen molar-refractivity contribution in [2.75, 3.05) is 0 Å². The normalized spacial score (nSPS) is 11.5. The third-order valence-corrected chi connectivity index (χ3v) is 12.8. The summed E-state index contributed by atoms with van der Waals surface area (Å²) in [6.07, 6.45) is 13.7. The van der Waals surface area contributed by atoms with Gasteiger partial charge in [0.05, 0.1) is 0 Å². The quantitative estimate of drug-likeness (QED) is 0.141. The molecule has 0 N–H and O–H groups in total. The molecular formula is C30H38Se2. The molecule has 0 aliphatic heterocycles. The van der Waals surface area contributed by atoms with Gasteiger partial charge in [-0.15, -0.1) is 0 Å². The molecule has 0 spiro atoms. The molecule has 3 rings (SSSR count). The first kappa shape index (κ1) is 25.3. The first-order valence-electron chi connectivity index (χ1n) is 12.3. The average molecular weight is 557 g/mol. The number of unbranched alkanes of at least 4 members (excludes halogenated alkanes) is 7. The summed E-state index contributed by atoms with van der Waals surface area (Å²) < 4.78 is 3.48. The SMILES string of the molecule is CCCCCCCCCCC(Cc1ccccc1)([Se]c1ccccc1)[Se]c1ccccc1. The number of rotatable bonds is 15. The summed E-state index contributed by atoms with van der Waals surface area (Å²) in [5.74, 6) is 0. The molecule has 0 saturated heterocycles. The molecule has 3 aromatic carbocycles. The number of benzene rings is 3. The maximum absolute atomic E-state index is 2.36. The fraction of sp³-hybridized carbons (Fsp3) is 0.400. The van der Waals surface area contributed by atoms with Gasteiger partial charge in [-0.1, -0.05) is 0 Å². The van der Waals surface area contributed by atoms with E-state index in [1.54, 1.807) is 8.92 Å². The molecule has 0 radical (unpaired) electrons. The summed E-state index contributed by atoms with van der Waals surface area (Å²) in [5.41, 5.74) is 1.50. The van der Waals surface area contributed by atoms with Gasteiger partial charge in [0.1, 0.15) is 0 Å². The molecule has 0 amide bonds. The predicted molar refractivity (Wildman–Crippen MR) is 144 cm³/mol. The summed E-state index contributed by atoms with van der Waals surface area (Å²) >= 11 is 0.919. The van der Waals surface area contributed by atoms with Crippen LogP contribution in [-0.2, 0) is 6.42 Å². The molecule has 2 heteroatoms. The van der Waals surface area contributed by atoms with E-state index in [1.807, 2.05) is 0 Å². The zero-order valence-electron chi connectivity index (χ0n) is 19.5. The van der Waals surface area contributed by atoms with Crippen molar-refractivity contribution >= 4 is 38.8 Å². The van der Waals surface area contributed by atoms with Gasteiger partial charge in [0.25, 0.3) is 0 Å². The molecule has 3 aromatic rings. The van der Waals surface area contributed by atoms with Gasteiger partial charge >= 0.3 is 210 Å². The Morgan fingerprint density at radius 2 is 0.969 bits per heavy atom. The molecule has 0 unspecified atom stereocenters. The Bertz CT molecular complexity index is 744. The Labute approximate surface area is 208 Å². The Morgan fingerprint density at radius 3 is 1.47 bits per heavy atom. The minimum atomic E-state index is 0.381. The van der Waals surface area contributed by atoms with Crippen molar-refractivity contribution in [1.29, 1.82) is 0 Å². The molecule has 0 aromatic heterocycles. The van der Waals surface area contributed by atoms with E-state index in [0.717, 1.165) is 0 Å². The second-order valence-corrected chi connectivity index (χ2v) is 16.1. The molecule has 0 saturated carbocycles. The summed E-state index contributed by atoms with van der Waals surface area (Å²) in [4.78, 5) is 0. The standard InChI is InChI=1S/C30H38Se2/c1-2-3-4-5-6-7-8-18-25-30(26-27-19-12-9-13-20-27,31-28-21-14-10-15-22-28)32-29-23-16-11-17-24-29/h9-17,19-24H,2-8,18,25-26H2,1H3. The van der Waals surface area contributed by atoms with Crippen molar-refractivity contribution in [3.05, 3.63) is 96.6 Å². The second kappa shape index (κ2) is 14.8. The minimum absolute atomic E-state index is 0.381. The van der Waals surface area contributed by atoms with Crippen molar-refractivity contribution in [2.45, 2.75) is 74.3 Å². The van der Waals surface area contributed by atoms with Gasteiger partial charge in [0, 0.05) is 0 Å². The molecule has 0 nitrogen and oxygen atoms in total. The van der Waals surface area contributed by atoms with Gasteiger partial charge in [-0.05, 0) is 0 Å². The van der Waals surface area contributed by atoms with Crippen LogP contribution in [-0.4, -0.2) is 29.9 Å². The Hall–Kier alpha value is -1.30. The summed E-state index contributed by atoms with van der Waals surface area (Å²) in [5, 5.41) is 0. The molecule has 0 atom stereocenters. The molecule has 0 aliphatic rings.